The summed E-state index contributed by atoms with van der Waals surface area (Å²) in [5.41, 5.74) is 2.60. The van der Waals surface area contributed by atoms with Crippen molar-refractivity contribution in [1.82, 2.24) is 10.4 Å². The average molecular weight is 295 g/mol. The molecular weight excluding hydrogens is 286 g/mol. The average Bonchev–Trinajstić information content (AvgIpc) is 2.88. The van der Waals surface area contributed by atoms with Gasteiger partial charge in [0.1, 0.15) is 5.76 Å². The molecule has 20 heavy (non-hydrogen) atoms. The molecule has 0 spiro atoms. The third kappa shape index (κ3) is 3.49. The van der Waals surface area contributed by atoms with Gasteiger partial charge in [-0.1, -0.05) is 0 Å². The number of amides is 1. The molecule has 2 aromatic rings. The molecule has 0 saturated heterocycles. The number of rotatable bonds is 4. The Morgan fingerprint density at radius 1 is 1.30 bits per heavy atom. The largest absolute Gasteiger partial charge is 0.441 e. The van der Waals surface area contributed by atoms with Gasteiger partial charge in [-0.05, 0) is 24.3 Å². The molecule has 0 aromatic carbocycles. The van der Waals surface area contributed by atoms with Gasteiger partial charge in [0.2, 0.25) is 5.09 Å². The maximum atomic E-state index is 11.6. The summed E-state index contributed by atoms with van der Waals surface area (Å²) in [6.45, 7) is 0. The molecule has 1 amide bonds. The van der Waals surface area contributed by atoms with E-state index >= 15 is 0 Å². The summed E-state index contributed by atoms with van der Waals surface area (Å²) in [7, 11) is -4.39. The maximum Gasteiger partial charge on any atom is 0.328 e. The van der Waals surface area contributed by atoms with Crippen LogP contribution in [0.2, 0.25) is 0 Å². The van der Waals surface area contributed by atoms with Gasteiger partial charge in [0.15, 0.2) is 0 Å². The highest BCUT2D eigenvalue weighted by atomic mass is 32.2. The first-order valence-corrected chi connectivity index (χ1v) is 6.71. The van der Waals surface area contributed by atoms with Crippen molar-refractivity contribution in [1.29, 1.82) is 0 Å². The molecule has 0 atom stereocenters. The zero-order chi connectivity index (χ0) is 14.6. The van der Waals surface area contributed by atoms with Crippen LogP contribution in [0.1, 0.15) is 16.1 Å². The SMILES string of the molecule is O=C(N/N=C\c1ccc(S(=O)(=O)O)o1)c1ccncc1. The first-order chi connectivity index (χ1) is 9.47. The van der Waals surface area contributed by atoms with Gasteiger partial charge in [-0.3, -0.25) is 14.3 Å². The lowest BCUT2D eigenvalue weighted by atomic mass is 10.3. The van der Waals surface area contributed by atoms with Crippen LogP contribution in [0.15, 0.2) is 51.3 Å². The van der Waals surface area contributed by atoms with Gasteiger partial charge >= 0.3 is 10.1 Å². The molecule has 2 aromatic heterocycles. The summed E-state index contributed by atoms with van der Waals surface area (Å²) in [5, 5.41) is 3.00. The van der Waals surface area contributed by atoms with Gasteiger partial charge in [-0.25, -0.2) is 5.43 Å². The van der Waals surface area contributed by atoms with Gasteiger partial charge in [-0.2, -0.15) is 13.5 Å². The minimum absolute atomic E-state index is 0.0626. The molecule has 2 N–H and O–H groups in total. The van der Waals surface area contributed by atoms with Crippen LogP contribution in [0, 0.1) is 0 Å². The van der Waals surface area contributed by atoms with Crippen molar-refractivity contribution in [2.24, 2.45) is 5.10 Å². The lowest BCUT2D eigenvalue weighted by Crippen LogP contribution is -2.17. The first-order valence-electron chi connectivity index (χ1n) is 5.27. The van der Waals surface area contributed by atoms with Gasteiger partial charge < -0.3 is 4.42 Å². The Balaban J connectivity index is 2.01. The van der Waals surface area contributed by atoms with Gasteiger partial charge in [0.05, 0.1) is 6.21 Å². The number of hydrogen-bond donors (Lipinski definition) is 2. The fraction of sp³-hybridized carbons (Fsp3) is 0. The molecule has 0 aliphatic heterocycles. The van der Waals surface area contributed by atoms with Crippen LogP contribution in [0.3, 0.4) is 0 Å². The van der Waals surface area contributed by atoms with E-state index in [1.165, 1.54) is 30.6 Å². The molecule has 8 nitrogen and oxygen atoms in total. The second kappa shape index (κ2) is 5.63. The molecule has 2 rings (SSSR count). The van der Waals surface area contributed by atoms with Crippen LogP contribution in [-0.4, -0.2) is 30.1 Å². The highest BCUT2D eigenvalue weighted by Crippen LogP contribution is 2.11. The highest BCUT2D eigenvalue weighted by molar-refractivity contribution is 7.85. The van der Waals surface area contributed by atoms with Crippen LogP contribution in [0.25, 0.3) is 0 Å². The molecule has 0 saturated carbocycles. The normalized spacial score (nSPS) is 11.7. The third-order valence-corrected chi connectivity index (χ3v) is 2.88. The zero-order valence-corrected chi connectivity index (χ0v) is 10.7. The summed E-state index contributed by atoms with van der Waals surface area (Å²) < 4.78 is 35.0. The van der Waals surface area contributed by atoms with Crippen molar-refractivity contribution < 1.29 is 22.2 Å². The van der Waals surface area contributed by atoms with E-state index in [-0.39, 0.29) is 5.76 Å². The van der Waals surface area contributed by atoms with Crippen molar-refractivity contribution in [3.8, 4) is 0 Å². The van der Waals surface area contributed by atoms with E-state index in [1.807, 2.05) is 0 Å². The molecule has 0 aliphatic carbocycles. The molecule has 0 bridgehead atoms. The van der Waals surface area contributed by atoms with Crippen molar-refractivity contribution in [3.63, 3.8) is 0 Å². The van der Waals surface area contributed by atoms with E-state index < -0.39 is 21.1 Å². The number of hydrogen-bond acceptors (Lipinski definition) is 6. The fourth-order valence-corrected chi connectivity index (χ4v) is 1.71. The number of nitrogens with one attached hydrogen (secondary N) is 1. The Bertz CT molecular complexity index is 736. The summed E-state index contributed by atoms with van der Waals surface area (Å²) in [6.07, 6.45) is 4.03. The second-order valence-electron chi connectivity index (χ2n) is 3.57. The summed E-state index contributed by atoms with van der Waals surface area (Å²) in [4.78, 5) is 15.3. The molecule has 9 heteroatoms. The Hall–Kier alpha value is -2.52. The Morgan fingerprint density at radius 2 is 2.00 bits per heavy atom. The molecule has 0 radical (unpaired) electrons. The number of nitrogens with zero attached hydrogens (tertiary/aromatic N) is 2. The Morgan fingerprint density at radius 3 is 2.60 bits per heavy atom. The van der Waals surface area contributed by atoms with E-state index in [0.29, 0.717) is 5.56 Å². The number of pyridine rings is 1. The quantitative estimate of drug-likeness (QED) is 0.486. The highest BCUT2D eigenvalue weighted by Gasteiger charge is 2.14. The lowest BCUT2D eigenvalue weighted by Gasteiger charge is -1.97. The van der Waals surface area contributed by atoms with Gasteiger partial charge in [-0.15, -0.1) is 0 Å². The molecule has 104 valence electrons. The molecule has 0 aliphatic rings. The molecular formula is C11H9N3O5S. The van der Waals surface area contributed by atoms with E-state index in [2.05, 4.69) is 15.5 Å². The zero-order valence-electron chi connectivity index (χ0n) is 9.92. The summed E-state index contributed by atoms with van der Waals surface area (Å²) >= 11 is 0. The first kappa shape index (κ1) is 13.9. The standard InChI is InChI=1S/C11H9N3O5S/c15-11(8-3-5-12-6-4-8)14-13-7-9-1-2-10(19-9)20(16,17)18/h1-7H,(H,14,15)(H,16,17,18)/b13-7-. The summed E-state index contributed by atoms with van der Waals surface area (Å²) in [5.74, 6) is -0.391. The van der Waals surface area contributed by atoms with E-state index in [4.69, 9.17) is 8.97 Å². The fourth-order valence-electron chi connectivity index (χ4n) is 1.26. The minimum Gasteiger partial charge on any atom is -0.441 e. The van der Waals surface area contributed by atoms with Crippen LogP contribution >= 0.6 is 0 Å². The summed E-state index contributed by atoms with van der Waals surface area (Å²) in [6, 6.07) is 5.37. The smallest absolute Gasteiger partial charge is 0.328 e. The number of hydrazone groups is 1. The maximum absolute atomic E-state index is 11.6. The monoisotopic (exact) mass is 295 g/mol. The van der Waals surface area contributed by atoms with Gasteiger partial charge in [0, 0.05) is 18.0 Å². The number of carbonyl (C=O) groups excluding carboxylic acids is 1. The topological polar surface area (TPSA) is 122 Å². The van der Waals surface area contributed by atoms with Gasteiger partial charge in [0.25, 0.3) is 5.91 Å². The molecule has 0 unspecified atom stereocenters. The van der Waals surface area contributed by atoms with Crippen LogP contribution < -0.4 is 5.43 Å². The molecule has 0 fully saturated rings. The number of carbonyl (C=O) groups is 1. The number of furan rings is 1. The van der Waals surface area contributed by atoms with E-state index in [1.54, 1.807) is 0 Å². The third-order valence-electron chi connectivity index (χ3n) is 2.16. The van der Waals surface area contributed by atoms with Crippen molar-refractivity contribution in [2.45, 2.75) is 5.09 Å². The predicted octanol–water partition coefficient (Wildman–Crippen LogP) is 0.685. The second-order valence-corrected chi connectivity index (χ2v) is 4.92. The van der Waals surface area contributed by atoms with Crippen molar-refractivity contribution in [2.75, 3.05) is 0 Å². The Kier molecular flexibility index (Phi) is 3.91. The van der Waals surface area contributed by atoms with Crippen molar-refractivity contribution >= 4 is 22.2 Å². The predicted molar refractivity (Wildman–Crippen MR) is 67.8 cm³/mol. The molecule has 2 heterocycles. The van der Waals surface area contributed by atoms with Crippen LogP contribution in [-0.2, 0) is 10.1 Å². The van der Waals surface area contributed by atoms with Crippen LogP contribution in [0.5, 0.6) is 0 Å². The number of aromatic nitrogens is 1. The van der Waals surface area contributed by atoms with Crippen LogP contribution in [0.4, 0.5) is 0 Å². The Labute approximate surface area is 113 Å². The van der Waals surface area contributed by atoms with E-state index in [0.717, 1.165) is 12.3 Å². The van der Waals surface area contributed by atoms with Crippen molar-refractivity contribution in [3.05, 3.63) is 48.0 Å². The van der Waals surface area contributed by atoms with E-state index in [9.17, 15) is 13.2 Å². The minimum atomic E-state index is -4.39. The lowest BCUT2D eigenvalue weighted by molar-refractivity contribution is 0.0955.